The Morgan fingerprint density at radius 1 is 0.914 bits per heavy atom. The molecule has 3 heterocycles. The van der Waals surface area contributed by atoms with Crippen LogP contribution < -0.4 is 0 Å². The third-order valence-electron chi connectivity index (χ3n) is 6.54. The van der Waals surface area contributed by atoms with Crippen LogP contribution in [0.1, 0.15) is 16.8 Å². The Bertz CT molecular complexity index is 1350. The Kier molecular flexibility index (Phi) is 6.14. The maximum atomic E-state index is 13.5. The van der Waals surface area contributed by atoms with Gasteiger partial charge in [0.2, 0.25) is 5.91 Å². The molecule has 0 N–H and O–H groups in total. The number of carbonyl (C=O) groups excluding carboxylic acids is 2. The molecule has 0 aliphatic carbocycles. The molecule has 1 atom stereocenters. The topological polar surface area (TPSA) is 92.6 Å². The lowest BCUT2D eigenvalue weighted by molar-refractivity contribution is -0.136. The molecule has 2 fully saturated rings. The largest absolute Gasteiger partial charge is 0.339 e. The van der Waals surface area contributed by atoms with Crippen LogP contribution in [0.2, 0.25) is 0 Å². The lowest BCUT2D eigenvalue weighted by Crippen LogP contribution is -2.52. The molecule has 2 aliphatic heterocycles. The second kappa shape index (κ2) is 9.26. The van der Waals surface area contributed by atoms with Crippen LogP contribution in [-0.4, -0.2) is 77.5 Å². The summed E-state index contributed by atoms with van der Waals surface area (Å²) in [6, 6.07) is 15.3. The summed E-state index contributed by atoms with van der Waals surface area (Å²) in [6.07, 6.45) is 2.04. The molecule has 182 valence electrons. The van der Waals surface area contributed by atoms with Crippen molar-refractivity contribution in [2.45, 2.75) is 6.42 Å². The first-order valence-corrected chi connectivity index (χ1v) is 13.3. The van der Waals surface area contributed by atoms with Crippen molar-refractivity contribution in [1.82, 2.24) is 19.6 Å². The number of benzene rings is 2. The number of hydrogen-bond donors (Lipinski definition) is 0. The second-order valence-corrected chi connectivity index (χ2v) is 11.1. The first-order valence-electron chi connectivity index (χ1n) is 11.5. The average Bonchev–Trinajstić information content (AvgIpc) is 3.48. The number of piperazine rings is 1. The van der Waals surface area contributed by atoms with E-state index in [1.54, 1.807) is 32.8 Å². The Balaban J connectivity index is 1.36. The van der Waals surface area contributed by atoms with Gasteiger partial charge in [0.25, 0.3) is 5.91 Å². The Labute approximate surface area is 202 Å². The van der Waals surface area contributed by atoms with E-state index in [1.165, 1.54) is 12.1 Å². The Hall–Kier alpha value is -3.53. The number of halogens is 1. The van der Waals surface area contributed by atoms with Gasteiger partial charge in [0.15, 0.2) is 9.84 Å². The molecule has 1 aromatic heterocycles. The zero-order valence-electron chi connectivity index (χ0n) is 19.0. The number of para-hydroxylation sites is 1. The highest BCUT2D eigenvalue weighted by atomic mass is 32.2. The molecular formula is C25H25FN4O4S. The molecule has 3 aromatic rings. The fraction of sp³-hybridized carbons (Fsp3) is 0.320. The molecule has 0 spiro atoms. The van der Waals surface area contributed by atoms with Crippen LogP contribution in [0.3, 0.4) is 0 Å². The molecule has 8 nitrogen and oxygen atoms in total. The summed E-state index contributed by atoms with van der Waals surface area (Å²) in [5.74, 6) is -1.27. The summed E-state index contributed by atoms with van der Waals surface area (Å²) in [5, 5.41) is 4.63. The summed E-state index contributed by atoms with van der Waals surface area (Å²) in [6.45, 7) is 1.37. The van der Waals surface area contributed by atoms with Crippen LogP contribution in [0.15, 0.2) is 60.8 Å². The maximum absolute atomic E-state index is 13.5. The third-order valence-corrected chi connectivity index (χ3v) is 8.31. The van der Waals surface area contributed by atoms with Gasteiger partial charge in [-0.15, -0.1) is 0 Å². The molecule has 0 radical (unpaired) electrons. The van der Waals surface area contributed by atoms with E-state index in [0.717, 1.165) is 5.69 Å². The van der Waals surface area contributed by atoms with Crippen molar-refractivity contribution in [1.29, 1.82) is 0 Å². The summed E-state index contributed by atoms with van der Waals surface area (Å²) >= 11 is 0. The maximum Gasteiger partial charge on any atom is 0.257 e. The number of carbonyl (C=O) groups is 2. The van der Waals surface area contributed by atoms with Crippen molar-refractivity contribution in [3.05, 3.63) is 72.2 Å². The molecular weight excluding hydrogens is 471 g/mol. The van der Waals surface area contributed by atoms with Crippen LogP contribution in [0, 0.1) is 11.7 Å². The van der Waals surface area contributed by atoms with E-state index < -0.39 is 15.8 Å². The number of rotatable bonds is 4. The molecule has 2 aliphatic rings. The predicted octanol–water partition coefficient (Wildman–Crippen LogP) is 2.40. The quantitative estimate of drug-likeness (QED) is 0.553. The minimum Gasteiger partial charge on any atom is -0.339 e. The summed E-state index contributed by atoms with van der Waals surface area (Å²) in [7, 11) is -3.14. The van der Waals surface area contributed by atoms with Crippen molar-refractivity contribution < 1.29 is 22.4 Å². The second-order valence-electron chi connectivity index (χ2n) is 8.90. The highest BCUT2D eigenvalue weighted by Gasteiger charge is 2.37. The standard InChI is InChI=1S/C25H25FN4O4S/c26-20-8-6-18(7-9-20)23-22(16-30(27-23)21-4-2-1-3-5-21)25(32)29-13-11-28(12-14-29)24(31)19-10-15-35(33,34)17-19/h1-9,16,19H,10-15,17H2/t19-/m1/s1. The molecule has 2 saturated heterocycles. The number of nitrogens with zero attached hydrogens (tertiary/aromatic N) is 4. The van der Waals surface area contributed by atoms with Crippen molar-refractivity contribution in [2.24, 2.45) is 5.92 Å². The Morgan fingerprint density at radius 2 is 1.57 bits per heavy atom. The van der Waals surface area contributed by atoms with Crippen LogP contribution >= 0.6 is 0 Å². The molecule has 5 rings (SSSR count). The summed E-state index contributed by atoms with van der Waals surface area (Å²) < 4.78 is 38.6. The van der Waals surface area contributed by atoms with E-state index >= 15 is 0 Å². The molecule has 0 bridgehead atoms. The van der Waals surface area contributed by atoms with Crippen LogP contribution in [0.5, 0.6) is 0 Å². The SMILES string of the molecule is O=C(c1cn(-c2ccccc2)nc1-c1ccc(F)cc1)N1CCN(C(=O)[C@@H]2CCS(=O)(=O)C2)CC1. The van der Waals surface area contributed by atoms with Crippen LogP contribution in [0.25, 0.3) is 16.9 Å². The van der Waals surface area contributed by atoms with Gasteiger partial charge in [-0.3, -0.25) is 9.59 Å². The van der Waals surface area contributed by atoms with E-state index in [-0.39, 0.29) is 29.1 Å². The number of aromatic nitrogens is 2. The van der Waals surface area contributed by atoms with Crippen LogP contribution in [0.4, 0.5) is 4.39 Å². The third kappa shape index (κ3) is 4.84. The monoisotopic (exact) mass is 496 g/mol. The van der Waals surface area contributed by atoms with Gasteiger partial charge in [0.05, 0.1) is 28.7 Å². The van der Waals surface area contributed by atoms with E-state index in [0.29, 0.717) is 49.4 Å². The highest BCUT2D eigenvalue weighted by molar-refractivity contribution is 7.91. The van der Waals surface area contributed by atoms with Gasteiger partial charge in [0, 0.05) is 37.9 Å². The van der Waals surface area contributed by atoms with Crippen LogP contribution in [-0.2, 0) is 14.6 Å². The van der Waals surface area contributed by atoms with E-state index in [2.05, 4.69) is 5.10 Å². The summed E-state index contributed by atoms with van der Waals surface area (Å²) in [4.78, 5) is 29.6. The molecule has 35 heavy (non-hydrogen) atoms. The summed E-state index contributed by atoms with van der Waals surface area (Å²) in [5.41, 5.74) is 2.26. The van der Waals surface area contributed by atoms with Crippen molar-refractivity contribution in [3.8, 4) is 16.9 Å². The number of sulfone groups is 1. The smallest absolute Gasteiger partial charge is 0.257 e. The first kappa shape index (κ1) is 23.2. The highest BCUT2D eigenvalue weighted by Crippen LogP contribution is 2.26. The minimum absolute atomic E-state index is 0.0550. The fourth-order valence-corrected chi connectivity index (χ4v) is 6.35. The van der Waals surface area contributed by atoms with E-state index in [9.17, 15) is 22.4 Å². The van der Waals surface area contributed by atoms with Gasteiger partial charge in [-0.2, -0.15) is 5.10 Å². The van der Waals surface area contributed by atoms with Gasteiger partial charge in [-0.1, -0.05) is 18.2 Å². The number of amides is 2. The van der Waals surface area contributed by atoms with Crippen molar-refractivity contribution >= 4 is 21.7 Å². The van der Waals surface area contributed by atoms with Gasteiger partial charge < -0.3 is 9.80 Å². The van der Waals surface area contributed by atoms with Gasteiger partial charge in [-0.05, 0) is 42.8 Å². The van der Waals surface area contributed by atoms with Crippen molar-refractivity contribution in [2.75, 3.05) is 37.7 Å². The molecule has 10 heteroatoms. The lowest BCUT2D eigenvalue weighted by atomic mass is 10.1. The number of hydrogen-bond acceptors (Lipinski definition) is 5. The average molecular weight is 497 g/mol. The molecule has 0 unspecified atom stereocenters. The minimum atomic E-state index is -3.14. The predicted molar refractivity (Wildman–Crippen MR) is 128 cm³/mol. The zero-order valence-corrected chi connectivity index (χ0v) is 19.8. The zero-order chi connectivity index (χ0) is 24.6. The van der Waals surface area contributed by atoms with Gasteiger partial charge in [-0.25, -0.2) is 17.5 Å². The Morgan fingerprint density at radius 3 is 2.20 bits per heavy atom. The fourth-order valence-electron chi connectivity index (χ4n) is 4.61. The molecule has 0 saturated carbocycles. The molecule has 2 aromatic carbocycles. The van der Waals surface area contributed by atoms with Gasteiger partial charge in [0.1, 0.15) is 11.5 Å². The first-order chi connectivity index (χ1) is 16.8. The van der Waals surface area contributed by atoms with Crippen molar-refractivity contribution in [3.63, 3.8) is 0 Å². The van der Waals surface area contributed by atoms with Gasteiger partial charge >= 0.3 is 0 Å². The lowest BCUT2D eigenvalue weighted by Gasteiger charge is -2.35. The normalized spacial score (nSPS) is 19.6. The molecule has 2 amide bonds. The van der Waals surface area contributed by atoms with E-state index in [4.69, 9.17) is 0 Å². The van der Waals surface area contributed by atoms with E-state index in [1.807, 2.05) is 30.3 Å².